The molecule has 0 radical (unpaired) electrons. The van der Waals surface area contributed by atoms with Gasteiger partial charge in [0.05, 0.1) is 13.2 Å². The quantitative estimate of drug-likeness (QED) is 0.781. The van der Waals surface area contributed by atoms with Gasteiger partial charge in [-0.15, -0.1) is 11.3 Å². The molecule has 3 rings (SSSR count). The summed E-state index contributed by atoms with van der Waals surface area (Å²) < 4.78 is 16.8. The second-order valence-electron chi connectivity index (χ2n) is 3.93. The molecule has 1 aliphatic rings. The second-order valence-corrected chi connectivity index (χ2v) is 5.01. The Hall–Kier alpha value is -1.43. The second kappa shape index (κ2) is 5.06. The molecule has 0 N–H and O–H groups in total. The Bertz CT molecular complexity index is 524. The number of fused-ring (bicyclic) bond motifs is 1. The Labute approximate surface area is 108 Å². The van der Waals surface area contributed by atoms with Crippen LogP contribution in [0.2, 0.25) is 0 Å². The van der Waals surface area contributed by atoms with E-state index in [-0.39, 0.29) is 5.97 Å². The number of rotatable bonds is 2. The van der Waals surface area contributed by atoms with Crippen molar-refractivity contribution in [3.05, 3.63) is 35.2 Å². The molecule has 0 aliphatic carbocycles. The van der Waals surface area contributed by atoms with E-state index in [0.29, 0.717) is 24.7 Å². The van der Waals surface area contributed by atoms with Crippen LogP contribution in [-0.2, 0) is 14.2 Å². The lowest BCUT2D eigenvalue weighted by atomic mass is 10.2. The summed E-state index contributed by atoms with van der Waals surface area (Å²) in [6.07, 6.45) is -0.587. The van der Waals surface area contributed by atoms with Crippen molar-refractivity contribution in [3.8, 4) is 0 Å². The zero-order valence-electron chi connectivity index (χ0n) is 9.63. The first kappa shape index (κ1) is 11.6. The minimum atomic E-state index is -0.587. The van der Waals surface area contributed by atoms with Crippen LogP contribution in [-0.4, -0.2) is 32.1 Å². The molecule has 1 aromatic heterocycles. The van der Waals surface area contributed by atoms with Gasteiger partial charge in [-0.2, -0.15) is 0 Å². The van der Waals surface area contributed by atoms with E-state index in [0.717, 1.165) is 10.1 Å². The number of carbonyl (C=O) groups excluding carboxylic acids is 1. The summed E-state index contributed by atoms with van der Waals surface area (Å²) in [6.45, 7) is 1.32. The molecule has 1 fully saturated rings. The van der Waals surface area contributed by atoms with Crippen molar-refractivity contribution in [2.24, 2.45) is 0 Å². The Morgan fingerprint density at radius 2 is 2.22 bits per heavy atom. The predicted octanol–water partition coefficient (Wildman–Crippen LogP) is 2.43. The minimum absolute atomic E-state index is 0.302. The molecule has 1 unspecified atom stereocenters. The number of carbonyl (C=O) groups is 1. The highest BCUT2D eigenvalue weighted by Gasteiger charge is 2.21. The molecule has 4 nitrogen and oxygen atoms in total. The number of hydrogen-bond donors (Lipinski definition) is 0. The molecule has 2 heterocycles. The molecular formula is C13H12O4S. The van der Waals surface area contributed by atoms with Crippen molar-refractivity contribution in [2.75, 3.05) is 19.8 Å². The highest BCUT2D eigenvalue weighted by Crippen LogP contribution is 2.26. The van der Waals surface area contributed by atoms with E-state index in [1.165, 1.54) is 11.3 Å². The van der Waals surface area contributed by atoms with Crippen LogP contribution in [0, 0.1) is 0 Å². The van der Waals surface area contributed by atoms with E-state index >= 15 is 0 Å². The third-order valence-electron chi connectivity index (χ3n) is 2.65. The van der Waals surface area contributed by atoms with E-state index in [4.69, 9.17) is 14.2 Å². The van der Waals surface area contributed by atoms with Crippen molar-refractivity contribution in [2.45, 2.75) is 6.29 Å². The third kappa shape index (κ3) is 2.38. The van der Waals surface area contributed by atoms with Crippen LogP contribution >= 0.6 is 11.3 Å². The molecule has 0 saturated carbocycles. The zero-order valence-corrected chi connectivity index (χ0v) is 10.4. The summed E-state index contributed by atoms with van der Waals surface area (Å²) in [4.78, 5) is 12.5. The van der Waals surface area contributed by atoms with Crippen LogP contribution in [0.15, 0.2) is 30.3 Å². The first-order chi connectivity index (χ1) is 8.83. The van der Waals surface area contributed by atoms with Gasteiger partial charge in [0.25, 0.3) is 0 Å². The summed E-state index contributed by atoms with van der Waals surface area (Å²) in [5.41, 5.74) is 0. The fourth-order valence-corrected chi connectivity index (χ4v) is 2.74. The fraction of sp³-hybridized carbons (Fsp3) is 0.308. The minimum Gasteiger partial charge on any atom is -0.429 e. The van der Waals surface area contributed by atoms with Gasteiger partial charge in [-0.3, -0.25) is 0 Å². The normalized spacial score (nSPS) is 19.9. The fourth-order valence-electron chi connectivity index (χ4n) is 1.79. The van der Waals surface area contributed by atoms with E-state index in [2.05, 4.69) is 0 Å². The van der Waals surface area contributed by atoms with Crippen molar-refractivity contribution >= 4 is 27.4 Å². The summed E-state index contributed by atoms with van der Waals surface area (Å²) >= 11 is 1.42. The average molecular weight is 264 g/mol. The van der Waals surface area contributed by atoms with Crippen LogP contribution in [0.4, 0.5) is 0 Å². The maximum atomic E-state index is 11.9. The number of ether oxygens (including phenoxy) is 3. The summed E-state index contributed by atoms with van der Waals surface area (Å²) in [5, 5.41) is 1.05. The van der Waals surface area contributed by atoms with Gasteiger partial charge in [-0.05, 0) is 17.5 Å². The number of esters is 1. The summed E-state index contributed by atoms with van der Waals surface area (Å²) in [6, 6.07) is 9.69. The highest BCUT2D eigenvalue weighted by molar-refractivity contribution is 7.20. The zero-order chi connectivity index (χ0) is 12.4. The Morgan fingerprint density at radius 1 is 1.33 bits per heavy atom. The van der Waals surface area contributed by atoms with Crippen LogP contribution in [0.25, 0.3) is 10.1 Å². The first-order valence-electron chi connectivity index (χ1n) is 5.72. The van der Waals surface area contributed by atoms with E-state index < -0.39 is 6.29 Å². The van der Waals surface area contributed by atoms with Gasteiger partial charge in [-0.1, -0.05) is 18.2 Å². The van der Waals surface area contributed by atoms with Crippen LogP contribution in [0.1, 0.15) is 9.67 Å². The van der Waals surface area contributed by atoms with Crippen molar-refractivity contribution < 1.29 is 19.0 Å². The van der Waals surface area contributed by atoms with Gasteiger partial charge < -0.3 is 14.2 Å². The topological polar surface area (TPSA) is 44.8 Å². The Morgan fingerprint density at radius 3 is 3.00 bits per heavy atom. The third-order valence-corrected chi connectivity index (χ3v) is 3.75. The molecule has 2 aromatic rings. The van der Waals surface area contributed by atoms with Crippen LogP contribution < -0.4 is 0 Å². The predicted molar refractivity (Wildman–Crippen MR) is 67.8 cm³/mol. The molecule has 18 heavy (non-hydrogen) atoms. The van der Waals surface area contributed by atoms with Gasteiger partial charge in [0, 0.05) is 4.70 Å². The maximum Gasteiger partial charge on any atom is 0.350 e. The van der Waals surface area contributed by atoms with Crippen LogP contribution in [0.3, 0.4) is 0 Å². The SMILES string of the molecule is O=C(OC1COCCO1)c1cc2ccccc2s1. The van der Waals surface area contributed by atoms with E-state index in [1.54, 1.807) is 0 Å². The molecule has 5 heteroatoms. The Kier molecular flexibility index (Phi) is 3.27. The van der Waals surface area contributed by atoms with Crippen molar-refractivity contribution in [1.29, 1.82) is 0 Å². The molecule has 1 atom stereocenters. The largest absolute Gasteiger partial charge is 0.429 e. The maximum absolute atomic E-state index is 11.9. The molecule has 0 amide bonds. The van der Waals surface area contributed by atoms with Gasteiger partial charge >= 0.3 is 5.97 Å². The summed E-state index contributed by atoms with van der Waals surface area (Å²) in [5.74, 6) is -0.355. The lowest BCUT2D eigenvalue weighted by Crippen LogP contribution is -2.32. The average Bonchev–Trinajstić information content (AvgIpc) is 2.84. The molecule has 0 bridgehead atoms. The molecule has 94 valence electrons. The van der Waals surface area contributed by atoms with Gasteiger partial charge in [-0.25, -0.2) is 4.79 Å². The number of thiophene rings is 1. The monoisotopic (exact) mass is 264 g/mol. The Balaban J connectivity index is 1.74. The molecule has 1 aromatic carbocycles. The van der Waals surface area contributed by atoms with Crippen molar-refractivity contribution in [1.82, 2.24) is 0 Å². The van der Waals surface area contributed by atoms with Crippen molar-refractivity contribution in [3.63, 3.8) is 0 Å². The highest BCUT2D eigenvalue weighted by atomic mass is 32.1. The van der Waals surface area contributed by atoms with Gasteiger partial charge in [0.1, 0.15) is 11.5 Å². The summed E-state index contributed by atoms with van der Waals surface area (Å²) in [7, 11) is 0. The first-order valence-corrected chi connectivity index (χ1v) is 6.53. The van der Waals surface area contributed by atoms with E-state index in [9.17, 15) is 4.79 Å². The van der Waals surface area contributed by atoms with Crippen LogP contribution in [0.5, 0.6) is 0 Å². The number of benzene rings is 1. The molecule has 1 aliphatic heterocycles. The number of hydrogen-bond acceptors (Lipinski definition) is 5. The molecule has 1 saturated heterocycles. The standard InChI is InChI=1S/C13H12O4S/c14-13(17-12-8-15-5-6-16-12)11-7-9-3-1-2-4-10(9)18-11/h1-4,7,12H,5-6,8H2. The molecular weight excluding hydrogens is 252 g/mol. The smallest absolute Gasteiger partial charge is 0.350 e. The lowest BCUT2D eigenvalue weighted by Gasteiger charge is -2.22. The lowest BCUT2D eigenvalue weighted by molar-refractivity contribution is -0.186. The van der Waals surface area contributed by atoms with Gasteiger partial charge in [0.15, 0.2) is 0 Å². The van der Waals surface area contributed by atoms with Gasteiger partial charge in [0.2, 0.25) is 6.29 Å². The van der Waals surface area contributed by atoms with E-state index in [1.807, 2.05) is 30.3 Å². The molecule has 0 spiro atoms.